The standard InChI is InChI=1S/C6H13NO2S/c1-2-5(7)3-10-4-6(8)9/h5H,2-4,7H2,1H3,(H,8,9). The largest absolute Gasteiger partial charge is 0.481 e. The van der Waals surface area contributed by atoms with E-state index in [1.165, 1.54) is 11.8 Å². The minimum Gasteiger partial charge on any atom is -0.481 e. The normalized spacial score (nSPS) is 13.0. The molecule has 0 aliphatic rings. The molecule has 0 saturated carbocycles. The fraction of sp³-hybridized carbons (Fsp3) is 0.833. The van der Waals surface area contributed by atoms with Crippen molar-refractivity contribution in [3.05, 3.63) is 0 Å². The third-order valence-corrected chi connectivity index (χ3v) is 2.20. The first-order valence-electron chi connectivity index (χ1n) is 3.22. The Balaban J connectivity index is 3.11. The number of carboxylic acids is 1. The second-order valence-corrected chi connectivity index (χ2v) is 3.11. The molecule has 0 aliphatic carbocycles. The summed E-state index contributed by atoms with van der Waals surface area (Å²) in [5.74, 6) is 0.129. The van der Waals surface area contributed by atoms with Crippen LogP contribution in [0.15, 0.2) is 0 Å². The van der Waals surface area contributed by atoms with Gasteiger partial charge in [0, 0.05) is 11.8 Å². The number of rotatable bonds is 5. The molecule has 0 amide bonds. The maximum atomic E-state index is 10.0. The van der Waals surface area contributed by atoms with E-state index >= 15 is 0 Å². The van der Waals surface area contributed by atoms with Crippen LogP contribution < -0.4 is 5.73 Å². The van der Waals surface area contributed by atoms with Crippen LogP contribution in [0.3, 0.4) is 0 Å². The van der Waals surface area contributed by atoms with E-state index in [4.69, 9.17) is 10.8 Å². The molecule has 0 saturated heterocycles. The summed E-state index contributed by atoms with van der Waals surface area (Å²) in [5.41, 5.74) is 5.55. The first-order chi connectivity index (χ1) is 4.66. The maximum absolute atomic E-state index is 10.0. The van der Waals surface area contributed by atoms with Gasteiger partial charge in [0.1, 0.15) is 0 Å². The summed E-state index contributed by atoms with van der Waals surface area (Å²) in [6.45, 7) is 1.99. The van der Waals surface area contributed by atoms with Crippen molar-refractivity contribution >= 4 is 17.7 Å². The zero-order chi connectivity index (χ0) is 7.98. The molecule has 0 heterocycles. The molecule has 0 aromatic rings. The maximum Gasteiger partial charge on any atom is 0.313 e. The third-order valence-electron chi connectivity index (χ3n) is 1.08. The lowest BCUT2D eigenvalue weighted by Gasteiger charge is -2.05. The molecule has 60 valence electrons. The predicted molar refractivity (Wildman–Crippen MR) is 43.2 cm³/mol. The Hall–Kier alpha value is -0.220. The number of hydrogen-bond acceptors (Lipinski definition) is 3. The van der Waals surface area contributed by atoms with Crippen molar-refractivity contribution in [1.82, 2.24) is 0 Å². The number of aliphatic carboxylic acids is 1. The molecule has 3 nitrogen and oxygen atoms in total. The van der Waals surface area contributed by atoms with Gasteiger partial charge in [-0.25, -0.2) is 0 Å². The monoisotopic (exact) mass is 163 g/mol. The van der Waals surface area contributed by atoms with Crippen LogP contribution >= 0.6 is 11.8 Å². The molecule has 0 bridgehead atoms. The van der Waals surface area contributed by atoms with E-state index in [1.807, 2.05) is 6.92 Å². The van der Waals surface area contributed by atoms with Crippen LogP contribution in [0.4, 0.5) is 0 Å². The van der Waals surface area contributed by atoms with Gasteiger partial charge >= 0.3 is 5.97 Å². The smallest absolute Gasteiger partial charge is 0.313 e. The van der Waals surface area contributed by atoms with Gasteiger partial charge in [-0.2, -0.15) is 0 Å². The molecular weight excluding hydrogens is 150 g/mol. The first-order valence-corrected chi connectivity index (χ1v) is 4.37. The SMILES string of the molecule is CCC(N)CSCC(=O)O. The summed E-state index contributed by atoms with van der Waals surface area (Å²) in [4.78, 5) is 10.0. The molecule has 10 heavy (non-hydrogen) atoms. The second kappa shape index (κ2) is 5.56. The Labute approximate surface area is 65.0 Å². The van der Waals surface area contributed by atoms with Gasteiger partial charge in [-0.05, 0) is 6.42 Å². The lowest BCUT2D eigenvalue weighted by atomic mass is 10.3. The Morgan fingerprint density at radius 2 is 2.40 bits per heavy atom. The van der Waals surface area contributed by atoms with E-state index < -0.39 is 5.97 Å². The van der Waals surface area contributed by atoms with Gasteiger partial charge in [-0.3, -0.25) is 4.79 Å². The van der Waals surface area contributed by atoms with Crippen LogP contribution in [-0.2, 0) is 4.79 Å². The second-order valence-electron chi connectivity index (χ2n) is 2.08. The number of thioether (sulfide) groups is 1. The number of carbonyl (C=O) groups is 1. The minimum absolute atomic E-state index is 0.143. The highest BCUT2D eigenvalue weighted by Gasteiger charge is 2.01. The molecule has 0 fully saturated rings. The zero-order valence-corrected chi connectivity index (χ0v) is 6.86. The van der Waals surface area contributed by atoms with E-state index in [0.717, 1.165) is 12.2 Å². The molecule has 1 atom stereocenters. The van der Waals surface area contributed by atoms with Gasteiger partial charge in [-0.1, -0.05) is 6.92 Å². The summed E-state index contributed by atoms with van der Waals surface area (Å²) in [5, 5.41) is 8.24. The lowest BCUT2D eigenvalue weighted by molar-refractivity contribution is -0.133. The van der Waals surface area contributed by atoms with Crippen molar-refractivity contribution in [2.45, 2.75) is 19.4 Å². The highest BCUT2D eigenvalue weighted by Crippen LogP contribution is 2.02. The Bertz CT molecular complexity index is 108. The van der Waals surface area contributed by atoms with Crippen molar-refractivity contribution in [3.8, 4) is 0 Å². The average molecular weight is 163 g/mol. The van der Waals surface area contributed by atoms with E-state index in [1.54, 1.807) is 0 Å². The van der Waals surface area contributed by atoms with Gasteiger partial charge in [0.05, 0.1) is 5.75 Å². The Kier molecular flexibility index (Phi) is 5.43. The summed E-state index contributed by atoms with van der Waals surface area (Å²) >= 11 is 1.37. The summed E-state index contributed by atoms with van der Waals surface area (Å²) < 4.78 is 0. The fourth-order valence-corrected chi connectivity index (χ4v) is 1.25. The molecule has 1 unspecified atom stereocenters. The van der Waals surface area contributed by atoms with Gasteiger partial charge in [0.15, 0.2) is 0 Å². The summed E-state index contributed by atoms with van der Waals surface area (Å²) in [7, 11) is 0. The summed E-state index contributed by atoms with van der Waals surface area (Å²) in [6, 6.07) is 0.143. The summed E-state index contributed by atoms with van der Waals surface area (Å²) in [6.07, 6.45) is 0.909. The van der Waals surface area contributed by atoms with E-state index in [-0.39, 0.29) is 11.8 Å². The van der Waals surface area contributed by atoms with Crippen LogP contribution in [0.5, 0.6) is 0 Å². The number of nitrogens with two attached hydrogens (primary N) is 1. The number of carboxylic acid groups (broad SMARTS) is 1. The quantitative estimate of drug-likeness (QED) is 0.621. The molecule has 0 aliphatic heterocycles. The molecule has 0 radical (unpaired) electrons. The molecule has 0 rings (SSSR count). The fourth-order valence-electron chi connectivity index (χ4n) is 0.415. The van der Waals surface area contributed by atoms with Crippen molar-refractivity contribution in [3.63, 3.8) is 0 Å². The molecule has 0 aromatic carbocycles. The van der Waals surface area contributed by atoms with E-state index in [0.29, 0.717) is 0 Å². The van der Waals surface area contributed by atoms with Crippen LogP contribution in [0.25, 0.3) is 0 Å². The van der Waals surface area contributed by atoms with Gasteiger partial charge < -0.3 is 10.8 Å². The van der Waals surface area contributed by atoms with Crippen molar-refractivity contribution in [2.24, 2.45) is 5.73 Å². The molecule has 3 N–H and O–H groups in total. The Morgan fingerprint density at radius 3 is 2.80 bits per heavy atom. The van der Waals surface area contributed by atoms with Crippen LogP contribution in [0, 0.1) is 0 Å². The lowest BCUT2D eigenvalue weighted by Crippen LogP contribution is -2.22. The average Bonchev–Trinajstić information content (AvgIpc) is 1.87. The molecule has 0 spiro atoms. The van der Waals surface area contributed by atoms with Crippen molar-refractivity contribution < 1.29 is 9.90 Å². The van der Waals surface area contributed by atoms with Gasteiger partial charge in [0.25, 0.3) is 0 Å². The topological polar surface area (TPSA) is 63.3 Å². The molecule has 4 heteroatoms. The first kappa shape index (κ1) is 9.78. The third kappa shape index (κ3) is 5.91. The zero-order valence-electron chi connectivity index (χ0n) is 6.04. The van der Waals surface area contributed by atoms with Crippen LogP contribution in [-0.4, -0.2) is 28.6 Å². The van der Waals surface area contributed by atoms with Crippen LogP contribution in [0.1, 0.15) is 13.3 Å². The van der Waals surface area contributed by atoms with E-state index in [2.05, 4.69) is 0 Å². The molecule has 0 aromatic heterocycles. The minimum atomic E-state index is -0.770. The van der Waals surface area contributed by atoms with Crippen molar-refractivity contribution in [1.29, 1.82) is 0 Å². The number of hydrogen-bond donors (Lipinski definition) is 2. The Morgan fingerprint density at radius 1 is 1.80 bits per heavy atom. The predicted octanol–water partition coefficient (Wildman–Crippen LogP) is 0.542. The highest BCUT2D eigenvalue weighted by molar-refractivity contribution is 7.99. The van der Waals surface area contributed by atoms with Crippen LogP contribution in [0.2, 0.25) is 0 Å². The van der Waals surface area contributed by atoms with E-state index in [9.17, 15) is 4.79 Å². The highest BCUT2D eigenvalue weighted by atomic mass is 32.2. The molecular formula is C6H13NO2S. The van der Waals surface area contributed by atoms with Gasteiger partial charge in [0.2, 0.25) is 0 Å². The van der Waals surface area contributed by atoms with Crippen molar-refractivity contribution in [2.75, 3.05) is 11.5 Å². The van der Waals surface area contributed by atoms with Gasteiger partial charge in [-0.15, -0.1) is 11.8 Å².